The number of aromatic nitrogens is 1. The monoisotopic (exact) mass is 519 g/mol. The number of pyridine rings is 1. The predicted molar refractivity (Wildman–Crippen MR) is 100 cm³/mol. The zero-order chi connectivity index (χ0) is 22.7. The van der Waals surface area contributed by atoms with Crippen LogP contribution in [0.15, 0.2) is 55.6 Å². The molecule has 2 aromatic rings. The van der Waals surface area contributed by atoms with E-state index in [1.807, 2.05) is 0 Å². The van der Waals surface area contributed by atoms with E-state index in [-0.39, 0.29) is 17.2 Å². The van der Waals surface area contributed by atoms with Crippen molar-refractivity contribution in [2.45, 2.75) is 11.9 Å². The van der Waals surface area contributed by atoms with Crippen molar-refractivity contribution in [3.05, 3.63) is 41.0 Å². The summed E-state index contributed by atoms with van der Waals surface area (Å²) in [6.45, 7) is 0. The Morgan fingerprint density at radius 3 is 2.20 bits per heavy atom. The van der Waals surface area contributed by atoms with E-state index >= 15 is 0 Å². The normalized spacial score (nSPS) is 14.6. The molecule has 0 saturated heterocycles. The summed E-state index contributed by atoms with van der Waals surface area (Å²) in [5.74, 6) is 0.0592. The Hall–Kier alpha value is -2.26. The van der Waals surface area contributed by atoms with Gasteiger partial charge in [0, 0.05) is 30.5 Å². The summed E-state index contributed by atoms with van der Waals surface area (Å²) in [5.41, 5.74) is -6.83. The van der Waals surface area contributed by atoms with Crippen molar-refractivity contribution in [2.75, 3.05) is 19.0 Å². The average Bonchev–Trinajstić information content (AvgIpc) is 2.59. The highest BCUT2D eigenvalue weighted by Gasteiger charge is 2.52. The quantitative estimate of drug-likeness (QED) is 0.338. The third-order valence-corrected chi connectivity index (χ3v) is 5.07. The molecule has 0 aliphatic carbocycles. The van der Waals surface area contributed by atoms with Gasteiger partial charge in [-0.25, -0.2) is 9.19 Å². The molecular weight excluding hydrogens is 508 g/mol. The Kier molecular flexibility index (Phi) is 7.08. The second-order valence-electron chi connectivity index (χ2n) is 5.64. The third-order valence-electron chi connectivity index (χ3n) is 3.17. The fourth-order valence-electron chi connectivity index (χ4n) is 1.86. The van der Waals surface area contributed by atoms with Crippen LogP contribution in [-0.2, 0) is 14.2 Å². The molecule has 0 bridgehead atoms. The topological polar surface area (TPSA) is 79.5 Å². The fourth-order valence-corrected chi connectivity index (χ4v) is 2.99. The molecule has 0 aliphatic rings. The molecule has 0 amide bonds. The number of halogens is 7. The molecule has 1 atom stereocenters. The zero-order valence-corrected chi connectivity index (χ0v) is 17.5. The van der Waals surface area contributed by atoms with Crippen LogP contribution in [0.1, 0.15) is 0 Å². The molecule has 0 saturated carbocycles. The summed E-state index contributed by atoms with van der Waals surface area (Å²) >= 11 is 3.15. The third kappa shape index (κ3) is 6.37. The van der Waals surface area contributed by atoms with Gasteiger partial charge in [-0.05, 0) is 46.3 Å². The van der Waals surface area contributed by atoms with Crippen LogP contribution in [0, 0.1) is 0 Å². The summed E-state index contributed by atoms with van der Waals surface area (Å²) in [4.78, 5) is 5.32. The second-order valence-corrected chi connectivity index (χ2v) is 8.32. The largest absolute Gasteiger partial charge is 0.536 e. The SMILES string of the molecule is CN(C)c1ccc(N=Nc2ccc(Br)cn2)c(N=S(=O)(OC(F)(F)F)C(F)(F)F)c1. The second kappa shape index (κ2) is 8.85. The predicted octanol–water partition coefficient (Wildman–Crippen LogP) is 6.40. The lowest BCUT2D eigenvalue weighted by Gasteiger charge is -2.17. The van der Waals surface area contributed by atoms with Crippen LogP contribution >= 0.6 is 15.9 Å². The smallest absolute Gasteiger partial charge is 0.378 e. The van der Waals surface area contributed by atoms with Crippen molar-refractivity contribution in [2.24, 2.45) is 14.6 Å². The summed E-state index contributed by atoms with van der Waals surface area (Å²) in [7, 11) is -3.16. The van der Waals surface area contributed by atoms with Gasteiger partial charge in [0.05, 0.1) is 0 Å². The molecule has 1 aromatic heterocycles. The Labute approximate surface area is 175 Å². The molecule has 15 heteroatoms. The number of rotatable bonds is 5. The Balaban J connectivity index is 2.65. The van der Waals surface area contributed by atoms with E-state index in [4.69, 9.17) is 0 Å². The van der Waals surface area contributed by atoms with Crippen molar-refractivity contribution in [1.29, 1.82) is 0 Å². The Morgan fingerprint density at radius 2 is 1.70 bits per heavy atom. The number of nitrogens with zero attached hydrogens (tertiary/aromatic N) is 5. The maximum absolute atomic E-state index is 13.1. The first kappa shape index (κ1) is 24.0. The Bertz CT molecular complexity index is 1050. The van der Waals surface area contributed by atoms with Crippen LogP contribution in [-0.4, -0.2) is 35.2 Å². The summed E-state index contributed by atoms with van der Waals surface area (Å²) in [5, 5.41) is 7.38. The number of benzene rings is 1. The maximum atomic E-state index is 13.1. The van der Waals surface area contributed by atoms with Gasteiger partial charge < -0.3 is 4.90 Å². The molecule has 0 aliphatic heterocycles. The highest BCUT2D eigenvalue weighted by molar-refractivity contribution is 9.10. The van der Waals surface area contributed by atoms with Gasteiger partial charge >= 0.3 is 11.9 Å². The van der Waals surface area contributed by atoms with E-state index in [1.54, 1.807) is 6.07 Å². The number of azo groups is 1. The molecule has 2 rings (SSSR count). The lowest BCUT2D eigenvalue weighted by atomic mass is 10.2. The van der Waals surface area contributed by atoms with Gasteiger partial charge in [0.1, 0.15) is 11.4 Å². The van der Waals surface area contributed by atoms with E-state index in [2.05, 4.69) is 39.7 Å². The van der Waals surface area contributed by atoms with Gasteiger partial charge in [-0.15, -0.1) is 23.4 Å². The molecule has 1 heterocycles. The van der Waals surface area contributed by atoms with Crippen LogP contribution in [0.4, 0.5) is 49.2 Å². The lowest BCUT2D eigenvalue weighted by Crippen LogP contribution is -2.31. The van der Waals surface area contributed by atoms with Crippen molar-refractivity contribution >= 4 is 48.8 Å². The fraction of sp³-hybridized carbons (Fsp3) is 0.267. The average molecular weight is 520 g/mol. The van der Waals surface area contributed by atoms with E-state index < -0.39 is 27.6 Å². The van der Waals surface area contributed by atoms with Gasteiger partial charge in [0.2, 0.25) is 0 Å². The molecule has 0 fully saturated rings. The van der Waals surface area contributed by atoms with E-state index in [9.17, 15) is 30.6 Å². The number of hydrogen-bond acceptors (Lipinski definition) is 7. The summed E-state index contributed by atoms with van der Waals surface area (Å²) < 4.78 is 95.0. The van der Waals surface area contributed by atoms with Gasteiger partial charge in [0.15, 0.2) is 5.82 Å². The molecule has 7 nitrogen and oxygen atoms in total. The van der Waals surface area contributed by atoms with Gasteiger partial charge in [0.25, 0.3) is 10.0 Å². The molecule has 30 heavy (non-hydrogen) atoms. The van der Waals surface area contributed by atoms with E-state index in [0.717, 1.165) is 12.1 Å². The highest BCUT2D eigenvalue weighted by Crippen LogP contribution is 2.40. The van der Waals surface area contributed by atoms with E-state index in [0.29, 0.717) is 4.47 Å². The molecule has 1 unspecified atom stereocenters. The van der Waals surface area contributed by atoms with Gasteiger partial charge in [-0.2, -0.15) is 21.7 Å². The minimum atomic E-state index is -6.21. The highest BCUT2D eigenvalue weighted by atomic mass is 79.9. The zero-order valence-electron chi connectivity index (χ0n) is 15.1. The summed E-state index contributed by atoms with van der Waals surface area (Å²) in [6.07, 6.45) is -4.47. The standard InChI is InChI=1S/C15H12BrF6N5O2S/c1-27(2)10-4-5-11(24-25-13-6-3-9(16)8-23-13)12(7-10)26-30(28,15(20,21)22)29-14(17,18)19/h3-8H,1-2H3. The number of hydrogen-bond donors (Lipinski definition) is 0. The molecule has 1 aromatic carbocycles. The van der Waals surface area contributed by atoms with Gasteiger partial charge in [-0.1, -0.05) is 0 Å². The minimum Gasteiger partial charge on any atom is -0.378 e. The first-order chi connectivity index (χ1) is 13.7. The Morgan fingerprint density at radius 1 is 1.03 bits per heavy atom. The molecule has 0 N–H and O–H groups in total. The molecular formula is C15H12BrF6N5O2S. The van der Waals surface area contributed by atoms with Crippen LogP contribution < -0.4 is 4.90 Å². The molecule has 0 spiro atoms. The van der Waals surface area contributed by atoms with Crippen LogP contribution in [0.2, 0.25) is 0 Å². The number of alkyl halides is 6. The van der Waals surface area contributed by atoms with Crippen molar-refractivity contribution < 1.29 is 34.7 Å². The number of anilines is 1. The maximum Gasteiger partial charge on any atom is 0.536 e. The lowest BCUT2D eigenvalue weighted by molar-refractivity contribution is -0.275. The van der Waals surface area contributed by atoms with Crippen LogP contribution in [0.5, 0.6) is 0 Å². The van der Waals surface area contributed by atoms with E-state index in [1.165, 1.54) is 37.3 Å². The van der Waals surface area contributed by atoms with Gasteiger partial charge in [-0.3, -0.25) is 0 Å². The van der Waals surface area contributed by atoms with Crippen molar-refractivity contribution in [1.82, 2.24) is 4.98 Å². The summed E-state index contributed by atoms with van der Waals surface area (Å²) in [6, 6.07) is 6.51. The van der Waals surface area contributed by atoms with Crippen molar-refractivity contribution in [3.8, 4) is 0 Å². The molecule has 164 valence electrons. The minimum absolute atomic E-state index is 0.0592. The van der Waals surface area contributed by atoms with Crippen LogP contribution in [0.25, 0.3) is 0 Å². The first-order valence-electron chi connectivity index (χ1n) is 7.66. The molecule has 0 radical (unpaired) electrons. The van der Waals surface area contributed by atoms with Crippen LogP contribution in [0.3, 0.4) is 0 Å². The first-order valence-corrected chi connectivity index (χ1v) is 9.89. The van der Waals surface area contributed by atoms with Crippen molar-refractivity contribution in [3.63, 3.8) is 0 Å².